The summed E-state index contributed by atoms with van der Waals surface area (Å²) in [6.45, 7) is 2.01. The zero-order valence-corrected chi connectivity index (χ0v) is 13.8. The topological polar surface area (TPSA) is 33.7 Å². The minimum atomic E-state index is 0.00438. The number of carbonyl (C=O) groups excluding carboxylic acids is 1. The minimum absolute atomic E-state index is 0.00438. The van der Waals surface area contributed by atoms with Crippen molar-refractivity contribution in [3.8, 4) is 0 Å². The molecule has 1 saturated heterocycles. The summed E-state index contributed by atoms with van der Waals surface area (Å²) >= 11 is 11.9. The van der Waals surface area contributed by atoms with Crippen LogP contribution in [0.25, 0.3) is 0 Å². The van der Waals surface area contributed by atoms with Crippen molar-refractivity contribution in [2.45, 2.75) is 25.4 Å². The number of benzene rings is 2. The first-order valence-electron chi connectivity index (χ1n) is 7.43. The van der Waals surface area contributed by atoms with Crippen LogP contribution in [0.5, 0.6) is 0 Å². The molecule has 0 aliphatic carbocycles. The summed E-state index contributed by atoms with van der Waals surface area (Å²) in [6, 6.07) is 15.8. The number of hydrogen-bond donors (Lipinski definition) is 1. The maximum Gasteiger partial charge on any atom is 0.148 e. The van der Waals surface area contributed by atoms with Gasteiger partial charge in [-0.15, -0.1) is 0 Å². The zero-order chi connectivity index (χ0) is 15.7. The maximum atomic E-state index is 12.4. The quantitative estimate of drug-likeness (QED) is 0.886. The highest BCUT2D eigenvalue weighted by atomic mass is 35.5. The Labute approximate surface area is 140 Å². The first kappa shape index (κ1) is 15.5. The molecule has 2 N–H and O–H groups in total. The highest BCUT2D eigenvalue weighted by Crippen LogP contribution is 2.29. The standard InChI is InChI=1S/C18H17Cl2NO/c1-11-17(22)10-16(12-2-6-14(19)7-3-12)21-18(11)13-4-8-15(20)9-5-13/h2-9,11,16,18,21H,10H2,1H3/p+1/t11-,16+,18-/m1/s1. The predicted molar refractivity (Wildman–Crippen MR) is 89.1 cm³/mol. The van der Waals surface area contributed by atoms with Gasteiger partial charge < -0.3 is 5.32 Å². The van der Waals surface area contributed by atoms with E-state index in [1.165, 1.54) is 0 Å². The molecule has 114 valence electrons. The number of quaternary nitrogens is 1. The van der Waals surface area contributed by atoms with Gasteiger partial charge in [0.1, 0.15) is 17.9 Å². The van der Waals surface area contributed by atoms with E-state index in [2.05, 4.69) is 5.32 Å². The van der Waals surface area contributed by atoms with E-state index in [-0.39, 0.29) is 18.0 Å². The van der Waals surface area contributed by atoms with Gasteiger partial charge >= 0.3 is 0 Å². The molecule has 1 heterocycles. The third-order valence-electron chi connectivity index (χ3n) is 4.46. The highest BCUT2D eigenvalue weighted by Gasteiger charge is 2.38. The molecule has 0 amide bonds. The molecule has 0 radical (unpaired) electrons. The van der Waals surface area contributed by atoms with Crippen LogP contribution in [0, 0.1) is 5.92 Å². The number of rotatable bonds is 2. The van der Waals surface area contributed by atoms with Gasteiger partial charge in [0.15, 0.2) is 0 Å². The third-order valence-corrected chi connectivity index (χ3v) is 4.96. The lowest BCUT2D eigenvalue weighted by atomic mass is 9.82. The van der Waals surface area contributed by atoms with E-state index >= 15 is 0 Å². The number of halogens is 2. The Kier molecular flexibility index (Phi) is 4.53. The Balaban J connectivity index is 1.88. The molecule has 2 aromatic carbocycles. The monoisotopic (exact) mass is 334 g/mol. The van der Waals surface area contributed by atoms with Crippen LogP contribution in [0.1, 0.15) is 36.6 Å². The van der Waals surface area contributed by atoms with Crippen molar-refractivity contribution in [1.82, 2.24) is 0 Å². The van der Waals surface area contributed by atoms with E-state index in [1.54, 1.807) is 0 Å². The highest BCUT2D eigenvalue weighted by molar-refractivity contribution is 6.30. The van der Waals surface area contributed by atoms with Gasteiger partial charge in [0, 0.05) is 21.2 Å². The van der Waals surface area contributed by atoms with E-state index < -0.39 is 0 Å². The third kappa shape index (κ3) is 3.19. The van der Waals surface area contributed by atoms with Gasteiger partial charge in [-0.1, -0.05) is 47.5 Å². The smallest absolute Gasteiger partial charge is 0.148 e. The number of Topliss-reactive ketones (excluding diaryl/α,β-unsaturated/α-hetero) is 1. The van der Waals surface area contributed by atoms with Gasteiger partial charge in [-0.05, 0) is 31.2 Å². The molecule has 1 aliphatic rings. The average Bonchev–Trinajstić information content (AvgIpc) is 2.52. The van der Waals surface area contributed by atoms with Crippen molar-refractivity contribution in [1.29, 1.82) is 0 Å². The van der Waals surface area contributed by atoms with Crippen molar-refractivity contribution in [3.63, 3.8) is 0 Å². The van der Waals surface area contributed by atoms with E-state index in [1.807, 2.05) is 55.5 Å². The second kappa shape index (κ2) is 6.41. The van der Waals surface area contributed by atoms with E-state index in [0.717, 1.165) is 11.1 Å². The summed E-state index contributed by atoms with van der Waals surface area (Å²) in [6.07, 6.45) is 0.562. The molecule has 3 atom stereocenters. The molecule has 22 heavy (non-hydrogen) atoms. The Morgan fingerprint density at radius 3 is 1.95 bits per heavy atom. The number of hydrogen-bond acceptors (Lipinski definition) is 1. The molecule has 2 aromatic rings. The fourth-order valence-electron chi connectivity index (χ4n) is 3.11. The molecule has 0 unspecified atom stereocenters. The van der Waals surface area contributed by atoms with Gasteiger partial charge in [0.25, 0.3) is 0 Å². The van der Waals surface area contributed by atoms with Crippen LogP contribution in [-0.2, 0) is 4.79 Å². The fourth-order valence-corrected chi connectivity index (χ4v) is 3.36. The Morgan fingerprint density at radius 2 is 1.41 bits per heavy atom. The van der Waals surface area contributed by atoms with Gasteiger partial charge in [0.05, 0.1) is 12.3 Å². The Bertz CT molecular complexity index is 666. The van der Waals surface area contributed by atoms with Crippen LogP contribution in [0.3, 0.4) is 0 Å². The molecule has 4 heteroatoms. The number of carbonyl (C=O) groups is 1. The van der Waals surface area contributed by atoms with Crippen molar-refractivity contribution < 1.29 is 10.1 Å². The molecular formula is C18H18Cl2NO+. The van der Waals surface area contributed by atoms with Crippen LogP contribution in [0.15, 0.2) is 48.5 Å². The number of nitrogens with two attached hydrogens (primary N) is 1. The molecule has 2 nitrogen and oxygen atoms in total. The Morgan fingerprint density at radius 1 is 0.909 bits per heavy atom. The molecular weight excluding hydrogens is 317 g/mol. The first-order valence-corrected chi connectivity index (χ1v) is 8.19. The van der Waals surface area contributed by atoms with Crippen LogP contribution < -0.4 is 5.32 Å². The summed E-state index contributed by atoms with van der Waals surface area (Å²) in [5, 5.41) is 3.72. The van der Waals surface area contributed by atoms with Gasteiger partial charge in [-0.2, -0.15) is 0 Å². The molecule has 3 rings (SSSR count). The van der Waals surface area contributed by atoms with Crippen molar-refractivity contribution in [2.75, 3.05) is 0 Å². The predicted octanol–water partition coefficient (Wildman–Crippen LogP) is 3.95. The van der Waals surface area contributed by atoms with Crippen LogP contribution in [0.4, 0.5) is 0 Å². The summed E-state index contributed by atoms with van der Waals surface area (Å²) in [5.74, 6) is 0.312. The summed E-state index contributed by atoms with van der Waals surface area (Å²) in [5.41, 5.74) is 2.28. The largest absolute Gasteiger partial charge is 0.333 e. The van der Waals surface area contributed by atoms with Crippen molar-refractivity contribution >= 4 is 29.0 Å². The second-order valence-electron chi connectivity index (χ2n) is 5.89. The zero-order valence-electron chi connectivity index (χ0n) is 12.3. The van der Waals surface area contributed by atoms with Crippen molar-refractivity contribution in [3.05, 3.63) is 69.7 Å². The number of ketones is 1. The number of piperidine rings is 1. The SMILES string of the molecule is C[C@@H]1C(=O)C[C@@H](c2ccc(Cl)cc2)[NH2+][C@H]1c1ccc(Cl)cc1. The normalized spacial score (nSPS) is 25.2. The van der Waals surface area contributed by atoms with E-state index in [0.29, 0.717) is 22.2 Å². The van der Waals surface area contributed by atoms with E-state index in [4.69, 9.17) is 23.2 Å². The van der Waals surface area contributed by atoms with Crippen LogP contribution in [-0.4, -0.2) is 5.78 Å². The van der Waals surface area contributed by atoms with E-state index in [9.17, 15) is 4.79 Å². The summed E-state index contributed by atoms with van der Waals surface area (Å²) < 4.78 is 0. The lowest BCUT2D eigenvalue weighted by Gasteiger charge is -2.32. The summed E-state index contributed by atoms with van der Waals surface area (Å²) in [7, 11) is 0. The molecule has 1 aliphatic heterocycles. The fraction of sp³-hybridized carbons (Fsp3) is 0.278. The molecule has 1 fully saturated rings. The summed E-state index contributed by atoms with van der Waals surface area (Å²) in [4.78, 5) is 12.4. The maximum absolute atomic E-state index is 12.4. The van der Waals surface area contributed by atoms with Crippen LogP contribution >= 0.6 is 23.2 Å². The van der Waals surface area contributed by atoms with Gasteiger partial charge in [0.2, 0.25) is 0 Å². The lowest BCUT2D eigenvalue weighted by molar-refractivity contribution is -0.742. The first-order chi connectivity index (χ1) is 10.5. The van der Waals surface area contributed by atoms with Crippen molar-refractivity contribution in [2.24, 2.45) is 5.92 Å². The Hall–Kier alpha value is -1.35. The van der Waals surface area contributed by atoms with Gasteiger partial charge in [-0.25, -0.2) is 0 Å². The molecule has 0 saturated carbocycles. The second-order valence-corrected chi connectivity index (χ2v) is 6.76. The molecule has 0 aromatic heterocycles. The lowest BCUT2D eigenvalue weighted by Crippen LogP contribution is -2.90. The average molecular weight is 335 g/mol. The minimum Gasteiger partial charge on any atom is -0.333 e. The van der Waals surface area contributed by atoms with Gasteiger partial charge in [-0.3, -0.25) is 4.79 Å². The molecule has 0 spiro atoms. The molecule has 0 bridgehead atoms. The van der Waals surface area contributed by atoms with Crippen LogP contribution in [0.2, 0.25) is 10.0 Å².